The van der Waals surface area contributed by atoms with Gasteiger partial charge in [-0.15, -0.1) is 0 Å². The molecule has 0 bridgehead atoms. The first-order valence-electron chi connectivity index (χ1n) is 14.4. The first-order chi connectivity index (χ1) is 21.0. The average molecular weight is 621 g/mol. The number of phenols is 1. The number of pyridine rings is 1. The van der Waals surface area contributed by atoms with Crippen molar-refractivity contribution in [3.63, 3.8) is 0 Å². The van der Waals surface area contributed by atoms with Gasteiger partial charge in [-0.3, -0.25) is 14.3 Å². The number of anilines is 2. The highest BCUT2D eigenvalue weighted by Crippen LogP contribution is 2.47. The SMILES string of the molecule is C=CC(=O)N1CCN2c3nc(=O)n(-c4c(C)ccnc4C(C)C)c4c(F)c(-c5c(O)cccc5Cl)c(F)c(c34)NCCC2C1. The van der Waals surface area contributed by atoms with E-state index in [4.69, 9.17) is 11.6 Å². The molecule has 1 unspecified atom stereocenters. The van der Waals surface area contributed by atoms with Gasteiger partial charge in [-0.2, -0.15) is 4.98 Å². The van der Waals surface area contributed by atoms with Crippen LogP contribution in [0.5, 0.6) is 5.75 Å². The zero-order chi connectivity index (χ0) is 31.4. The Hall–Kier alpha value is -4.51. The number of fused-ring (bicyclic) bond motifs is 2. The third kappa shape index (κ3) is 4.57. The molecule has 0 saturated carbocycles. The van der Waals surface area contributed by atoms with Crippen molar-refractivity contribution < 1.29 is 18.7 Å². The third-order valence-electron chi connectivity index (χ3n) is 8.38. The molecule has 1 atom stereocenters. The fraction of sp³-hybridized carbons (Fsp3) is 0.312. The maximum atomic E-state index is 17.2. The van der Waals surface area contributed by atoms with Crippen LogP contribution in [0.25, 0.3) is 27.7 Å². The molecule has 2 N–H and O–H groups in total. The Bertz CT molecular complexity index is 1890. The molecule has 228 valence electrons. The number of halogens is 3. The summed E-state index contributed by atoms with van der Waals surface area (Å²) < 4.78 is 35.1. The van der Waals surface area contributed by atoms with E-state index in [1.165, 1.54) is 24.3 Å². The molecule has 44 heavy (non-hydrogen) atoms. The number of rotatable bonds is 4. The van der Waals surface area contributed by atoms with Gasteiger partial charge >= 0.3 is 5.69 Å². The van der Waals surface area contributed by atoms with Crippen molar-refractivity contribution in [2.75, 3.05) is 36.4 Å². The van der Waals surface area contributed by atoms with Crippen LogP contribution in [-0.4, -0.2) is 62.7 Å². The van der Waals surface area contributed by atoms with E-state index in [0.717, 1.165) is 4.57 Å². The first kappa shape index (κ1) is 29.6. The smallest absolute Gasteiger partial charge is 0.354 e. The molecule has 2 aromatic heterocycles. The predicted octanol–water partition coefficient (Wildman–Crippen LogP) is 5.54. The summed E-state index contributed by atoms with van der Waals surface area (Å²) in [5.74, 6) is -2.74. The molecule has 1 fully saturated rings. The van der Waals surface area contributed by atoms with Gasteiger partial charge in [-0.05, 0) is 49.1 Å². The van der Waals surface area contributed by atoms with Crippen LogP contribution in [0.2, 0.25) is 5.02 Å². The normalized spacial score (nSPS) is 16.4. The number of aryl methyl sites for hydroxylation is 1. The predicted molar refractivity (Wildman–Crippen MR) is 167 cm³/mol. The van der Waals surface area contributed by atoms with Crippen molar-refractivity contribution in [2.24, 2.45) is 0 Å². The molecule has 2 aliphatic rings. The second kappa shape index (κ2) is 11.2. The Morgan fingerprint density at radius 1 is 1.20 bits per heavy atom. The van der Waals surface area contributed by atoms with E-state index >= 15 is 8.78 Å². The maximum absolute atomic E-state index is 17.2. The van der Waals surface area contributed by atoms with Gasteiger partial charge in [-0.1, -0.05) is 38.1 Å². The number of benzene rings is 2. The highest BCUT2D eigenvalue weighted by atomic mass is 35.5. The summed E-state index contributed by atoms with van der Waals surface area (Å²) >= 11 is 6.43. The van der Waals surface area contributed by atoms with Gasteiger partial charge in [0.05, 0.1) is 33.0 Å². The number of amides is 1. The van der Waals surface area contributed by atoms with E-state index in [-0.39, 0.29) is 64.0 Å². The minimum absolute atomic E-state index is 0.0631. The van der Waals surface area contributed by atoms with Gasteiger partial charge in [0.2, 0.25) is 5.91 Å². The number of phenolic OH excluding ortho intramolecular Hbond substituents is 1. The second-order valence-corrected chi connectivity index (χ2v) is 11.8. The van der Waals surface area contributed by atoms with Crippen LogP contribution in [0.4, 0.5) is 20.3 Å². The van der Waals surface area contributed by atoms with Crippen molar-refractivity contribution in [1.82, 2.24) is 19.4 Å². The topological polar surface area (TPSA) is 104 Å². The molecule has 6 rings (SSSR count). The monoisotopic (exact) mass is 620 g/mol. The van der Waals surface area contributed by atoms with Crippen LogP contribution >= 0.6 is 11.6 Å². The molecule has 9 nitrogen and oxygen atoms in total. The van der Waals surface area contributed by atoms with Crippen LogP contribution in [0, 0.1) is 18.6 Å². The molecular weight excluding hydrogens is 590 g/mol. The highest BCUT2D eigenvalue weighted by molar-refractivity contribution is 6.33. The van der Waals surface area contributed by atoms with Gasteiger partial charge in [0.1, 0.15) is 17.1 Å². The molecular formula is C32H31ClF2N6O3. The summed E-state index contributed by atoms with van der Waals surface area (Å²) in [6.07, 6.45) is 3.34. The summed E-state index contributed by atoms with van der Waals surface area (Å²) in [6.45, 7) is 10.4. The number of hydrogen-bond donors (Lipinski definition) is 2. The first-order valence-corrected chi connectivity index (χ1v) is 14.8. The summed E-state index contributed by atoms with van der Waals surface area (Å²) in [5, 5.41) is 13.9. The number of nitrogens with zero attached hydrogens (tertiary/aromatic N) is 5. The lowest BCUT2D eigenvalue weighted by atomic mass is 9.96. The second-order valence-electron chi connectivity index (χ2n) is 11.4. The summed E-state index contributed by atoms with van der Waals surface area (Å²) in [6, 6.07) is 5.62. The summed E-state index contributed by atoms with van der Waals surface area (Å²) in [5.41, 5.74) is -0.348. The fourth-order valence-electron chi connectivity index (χ4n) is 6.32. The quantitative estimate of drug-likeness (QED) is 0.289. The fourth-order valence-corrected chi connectivity index (χ4v) is 6.58. The Labute approximate surface area is 257 Å². The number of carbonyl (C=O) groups is 1. The van der Waals surface area contributed by atoms with Crippen molar-refractivity contribution in [2.45, 2.75) is 39.2 Å². The Morgan fingerprint density at radius 3 is 2.68 bits per heavy atom. The standard InChI is InChI=1S/C32H31ClF2N6O3/c1-5-21(43)39-13-14-40-18(15-39)10-12-37-28-24-30(26(35)23(25(28)34)22-19(33)7-6-8-20(22)42)41(32(44)38-31(24)40)29-17(4)9-11-36-27(29)16(2)3/h5-9,11,16,18,37,42H,1,10,12-15H2,2-4H3. The van der Waals surface area contributed by atoms with Crippen LogP contribution in [-0.2, 0) is 4.79 Å². The van der Waals surface area contributed by atoms with Gasteiger partial charge < -0.3 is 20.2 Å². The lowest BCUT2D eigenvalue weighted by molar-refractivity contribution is -0.126. The van der Waals surface area contributed by atoms with Crippen LogP contribution < -0.4 is 15.9 Å². The summed E-state index contributed by atoms with van der Waals surface area (Å²) in [4.78, 5) is 39.1. The number of piperazine rings is 1. The van der Waals surface area contributed by atoms with Gasteiger partial charge in [-0.25, -0.2) is 13.6 Å². The molecule has 0 spiro atoms. The molecule has 1 amide bonds. The van der Waals surface area contributed by atoms with Crippen molar-refractivity contribution in [1.29, 1.82) is 0 Å². The minimum atomic E-state index is -1.08. The minimum Gasteiger partial charge on any atom is -0.507 e. The van der Waals surface area contributed by atoms with Gasteiger partial charge in [0.15, 0.2) is 11.6 Å². The molecule has 2 aliphatic heterocycles. The van der Waals surface area contributed by atoms with E-state index in [0.29, 0.717) is 36.5 Å². The van der Waals surface area contributed by atoms with Crippen molar-refractivity contribution >= 4 is 39.9 Å². The third-order valence-corrected chi connectivity index (χ3v) is 8.70. The number of aromatic nitrogens is 3. The molecule has 1 saturated heterocycles. The molecule has 4 aromatic rings. The van der Waals surface area contributed by atoms with E-state index in [1.807, 2.05) is 18.7 Å². The largest absolute Gasteiger partial charge is 0.507 e. The van der Waals surface area contributed by atoms with E-state index < -0.39 is 28.6 Å². The van der Waals surface area contributed by atoms with Crippen LogP contribution in [0.1, 0.15) is 37.4 Å². The zero-order valence-corrected chi connectivity index (χ0v) is 25.3. The maximum Gasteiger partial charge on any atom is 0.354 e. The average Bonchev–Trinajstić information content (AvgIpc) is 2.98. The number of hydrogen-bond acceptors (Lipinski definition) is 7. The van der Waals surface area contributed by atoms with Gasteiger partial charge in [0.25, 0.3) is 0 Å². The lowest BCUT2D eigenvalue weighted by Crippen LogP contribution is -2.56. The molecule has 2 aromatic carbocycles. The molecule has 4 heterocycles. The molecule has 0 radical (unpaired) electrons. The van der Waals surface area contributed by atoms with Gasteiger partial charge in [0, 0.05) is 44.0 Å². The van der Waals surface area contributed by atoms with Crippen LogP contribution in [0.3, 0.4) is 0 Å². The Morgan fingerprint density at radius 2 is 1.98 bits per heavy atom. The highest BCUT2D eigenvalue weighted by Gasteiger charge is 2.37. The number of carbonyl (C=O) groups excluding carboxylic acids is 1. The Balaban J connectivity index is 1.77. The van der Waals surface area contributed by atoms with E-state index in [2.05, 4.69) is 21.9 Å². The van der Waals surface area contributed by atoms with E-state index in [1.54, 1.807) is 24.1 Å². The zero-order valence-electron chi connectivity index (χ0n) is 24.5. The summed E-state index contributed by atoms with van der Waals surface area (Å²) in [7, 11) is 0. The lowest BCUT2D eigenvalue weighted by Gasteiger charge is -2.43. The molecule has 0 aliphatic carbocycles. The molecule has 12 heteroatoms. The number of aromatic hydroxyl groups is 1. The number of nitrogens with one attached hydrogen (secondary N) is 1. The van der Waals surface area contributed by atoms with Crippen molar-refractivity contribution in [3.8, 4) is 22.6 Å². The van der Waals surface area contributed by atoms with Crippen molar-refractivity contribution in [3.05, 3.63) is 81.5 Å². The van der Waals surface area contributed by atoms with E-state index in [9.17, 15) is 14.7 Å². The van der Waals surface area contributed by atoms with Crippen LogP contribution in [0.15, 0.2) is 47.9 Å². The Kier molecular flexibility index (Phi) is 7.53.